The van der Waals surface area contributed by atoms with Crippen molar-refractivity contribution in [3.63, 3.8) is 0 Å². The van der Waals surface area contributed by atoms with E-state index in [1.807, 2.05) is 19.1 Å². The van der Waals surface area contributed by atoms with Gasteiger partial charge in [-0.25, -0.2) is 0 Å². The van der Waals surface area contributed by atoms with Crippen LogP contribution in [0.3, 0.4) is 0 Å². The maximum atomic E-state index is 9.07. The van der Waals surface area contributed by atoms with E-state index in [2.05, 4.69) is 35.7 Å². The summed E-state index contributed by atoms with van der Waals surface area (Å²) in [6, 6.07) is 8.27. The minimum Gasteiger partial charge on any atom is -0.345 e. The Morgan fingerprint density at radius 2 is 2.06 bits per heavy atom. The first-order valence-electron chi connectivity index (χ1n) is 5.33. The Hall–Kier alpha value is -1.86. The highest BCUT2D eigenvalue weighted by Crippen LogP contribution is 2.29. The van der Waals surface area contributed by atoms with Crippen LogP contribution in [0, 0.1) is 32.1 Å². The van der Waals surface area contributed by atoms with Gasteiger partial charge in [0.05, 0.1) is 5.69 Å². The van der Waals surface area contributed by atoms with Crippen LogP contribution >= 0.6 is 11.5 Å². The third-order valence-corrected chi connectivity index (χ3v) is 3.68. The van der Waals surface area contributed by atoms with Gasteiger partial charge in [0.15, 0.2) is 0 Å². The summed E-state index contributed by atoms with van der Waals surface area (Å²) in [5.41, 5.74) is 4.88. The molecule has 2 aromatic rings. The minimum absolute atomic E-state index is 0.635. The molecular formula is C13H13N3S. The maximum Gasteiger partial charge on any atom is 0.132 e. The fraction of sp³-hybridized carbons (Fsp3) is 0.231. The highest BCUT2D eigenvalue weighted by Gasteiger charge is 2.11. The minimum atomic E-state index is 0.635. The third-order valence-electron chi connectivity index (χ3n) is 2.83. The summed E-state index contributed by atoms with van der Waals surface area (Å²) >= 11 is 1.33. The van der Waals surface area contributed by atoms with Crippen LogP contribution in [0.2, 0.25) is 0 Å². The third kappa shape index (κ3) is 2.15. The van der Waals surface area contributed by atoms with E-state index in [4.69, 9.17) is 5.26 Å². The van der Waals surface area contributed by atoms with Crippen molar-refractivity contribution in [1.82, 2.24) is 4.37 Å². The molecule has 1 aromatic carbocycles. The molecule has 1 N–H and O–H groups in total. The lowest BCUT2D eigenvalue weighted by molar-refractivity contribution is 1.31. The first kappa shape index (κ1) is 11.6. The van der Waals surface area contributed by atoms with Gasteiger partial charge in [-0.05, 0) is 49.5 Å². The molecule has 0 unspecified atom stereocenters. The second kappa shape index (κ2) is 4.56. The van der Waals surface area contributed by atoms with Gasteiger partial charge in [0.1, 0.15) is 16.6 Å². The van der Waals surface area contributed by atoms with Crippen molar-refractivity contribution in [2.24, 2.45) is 0 Å². The smallest absolute Gasteiger partial charge is 0.132 e. The Balaban J connectivity index is 2.39. The van der Waals surface area contributed by atoms with Crippen LogP contribution in [0.25, 0.3) is 0 Å². The van der Waals surface area contributed by atoms with Gasteiger partial charge in [-0.1, -0.05) is 12.1 Å². The largest absolute Gasteiger partial charge is 0.345 e. The summed E-state index contributed by atoms with van der Waals surface area (Å²) in [5.74, 6) is 0. The van der Waals surface area contributed by atoms with Crippen LogP contribution in [0.4, 0.5) is 10.7 Å². The number of hydrogen-bond acceptors (Lipinski definition) is 4. The molecule has 0 atom stereocenters. The van der Waals surface area contributed by atoms with Crippen molar-refractivity contribution >= 4 is 22.2 Å². The zero-order chi connectivity index (χ0) is 12.4. The predicted molar refractivity (Wildman–Crippen MR) is 70.8 cm³/mol. The van der Waals surface area contributed by atoms with Gasteiger partial charge in [-0.15, -0.1) is 0 Å². The van der Waals surface area contributed by atoms with Gasteiger partial charge in [0, 0.05) is 5.69 Å². The van der Waals surface area contributed by atoms with Gasteiger partial charge in [0.2, 0.25) is 0 Å². The average molecular weight is 243 g/mol. The summed E-state index contributed by atoms with van der Waals surface area (Å²) in [7, 11) is 0. The molecular weight excluding hydrogens is 230 g/mol. The summed E-state index contributed by atoms with van der Waals surface area (Å²) in [6.07, 6.45) is 0. The van der Waals surface area contributed by atoms with Crippen molar-refractivity contribution in [2.45, 2.75) is 20.8 Å². The van der Waals surface area contributed by atoms with Crippen LogP contribution in [0.5, 0.6) is 0 Å². The molecule has 0 amide bonds. The molecule has 0 saturated heterocycles. The van der Waals surface area contributed by atoms with Crippen LogP contribution in [0.1, 0.15) is 22.4 Å². The number of benzene rings is 1. The van der Waals surface area contributed by atoms with Crippen molar-refractivity contribution < 1.29 is 0 Å². The molecule has 2 rings (SSSR count). The molecule has 86 valence electrons. The summed E-state index contributed by atoms with van der Waals surface area (Å²) in [6.45, 7) is 5.99. The molecule has 1 aromatic heterocycles. The monoisotopic (exact) mass is 243 g/mol. The number of nitrogens with one attached hydrogen (secondary N) is 1. The van der Waals surface area contributed by atoms with Gasteiger partial charge in [0.25, 0.3) is 0 Å². The van der Waals surface area contributed by atoms with E-state index in [-0.39, 0.29) is 0 Å². The van der Waals surface area contributed by atoms with E-state index in [1.54, 1.807) is 0 Å². The van der Waals surface area contributed by atoms with Gasteiger partial charge < -0.3 is 5.32 Å². The van der Waals surface area contributed by atoms with E-state index in [0.717, 1.165) is 16.4 Å². The SMILES string of the molecule is Cc1cccc(Nc2snc(C)c2C#N)c1C. The second-order valence-corrected chi connectivity index (χ2v) is 4.73. The molecule has 3 nitrogen and oxygen atoms in total. The number of nitriles is 1. The van der Waals surface area contributed by atoms with Crippen molar-refractivity contribution in [3.05, 3.63) is 40.6 Å². The zero-order valence-corrected chi connectivity index (χ0v) is 10.9. The highest BCUT2D eigenvalue weighted by molar-refractivity contribution is 7.10. The number of anilines is 2. The molecule has 17 heavy (non-hydrogen) atoms. The highest BCUT2D eigenvalue weighted by atomic mass is 32.1. The van der Waals surface area contributed by atoms with Crippen molar-refractivity contribution in [1.29, 1.82) is 5.26 Å². The second-order valence-electron chi connectivity index (χ2n) is 3.96. The molecule has 0 aliphatic rings. The Bertz CT molecular complexity index is 593. The molecule has 0 aliphatic carbocycles. The quantitative estimate of drug-likeness (QED) is 0.875. The maximum absolute atomic E-state index is 9.07. The van der Waals surface area contributed by atoms with E-state index in [0.29, 0.717) is 5.56 Å². The number of rotatable bonds is 2. The first-order valence-corrected chi connectivity index (χ1v) is 6.10. The summed E-state index contributed by atoms with van der Waals surface area (Å²) in [5, 5.41) is 13.2. The first-order chi connectivity index (χ1) is 8.13. The Labute approximate surface area is 105 Å². The number of hydrogen-bond donors (Lipinski definition) is 1. The number of aryl methyl sites for hydroxylation is 2. The van der Waals surface area contributed by atoms with Gasteiger partial charge >= 0.3 is 0 Å². The summed E-state index contributed by atoms with van der Waals surface area (Å²) < 4.78 is 4.19. The molecule has 0 saturated carbocycles. The van der Waals surface area contributed by atoms with Crippen molar-refractivity contribution in [2.75, 3.05) is 5.32 Å². The molecule has 0 fully saturated rings. The average Bonchev–Trinajstić information content (AvgIpc) is 2.66. The van der Waals surface area contributed by atoms with E-state index in [1.165, 1.54) is 22.7 Å². The Morgan fingerprint density at radius 1 is 1.29 bits per heavy atom. The van der Waals surface area contributed by atoms with Crippen LogP contribution < -0.4 is 5.32 Å². The standard InChI is InChI=1S/C13H13N3S/c1-8-5-4-6-12(9(8)2)15-13-11(7-14)10(3)16-17-13/h4-6,15H,1-3H3. The Kier molecular flexibility index (Phi) is 3.12. The van der Waals surface area contributed by atoms with Crippen LogP contribution in [0.15, 0.2) is 18.2 Å². The Morgan fingerprint density at radius 3 is 2.76 bits per heavy atom. The van der Waals surface area contributed by atoms with E-state index >= 15 is 0 Å². The molecule has 0 aliphatic heterocycles. The van der Waals surface area contributed by atoms with E-state index in [9.17, 15) is 0 Å². The topological polar surface area (TPSA) is 48.7 Å². The summed E-state index contributed by atoms with van der Waals surface area (Å²) in [4.78, 5) is 0. The molecule has 4 heteroatoms. The predicted octanol–water partition coefficient (Wildman–Crippen LogP) is 3.68. The number of nitrogens with zero attached hydrogens (tertiary/aromatic N) is 2. The lowest BCUT2D eigenvalue weighted by atomic mass is 10.1. The lowest BCUT2D eigenvalue weighted by Gasteiger charge is -2.09. The van der Waals surface area contributed by atoms with Crippen LogP contribution in [-0.4, -0.2) is 4.37 Å². The van der Waals surface area contributed by atoms with E-state index < -0.39 is 0 Å². The molecule has 1 heterocycles. The van der Waals surface area contributed by atoms with Crippen molar-refractivity contribution in [3.8, 4) is 6.07 Å². The fourth-order valence-corrected chi connectivity index (χ4v) is 2.36. The fourth-order valence-electron chi connectivity index (χ4n) is 1.60. The normalized spacial score (nSPS) is 10.0. The van der Waals surface area contributed by atoms with Crippen LogP contribution in [-0.2, 0) is 0 Å². The number of aromatic nitrogens is 1. The van der Waals surface area contributed by atoms with Gasteiger partial charge in [-0.2, -0.15) is 9.64 Å². The molecule has 0 radical (unpaired) electrons. The van der Waals surface area contributed by atoms with Gasteiger partial charge in [-0.3, -0.25) is 0 Å². The molecule has 0 spiro atoms. The molecule has 0 bridgehead atoms. The zero-order valence-electron chi connectivity index (χ0n) is 10.0. The lowest BCUT2D eigenvalue weighted by Crippen LogP contribution is -1.94.